The summed E-state index contributed by atoms with van der Waals surface area (Å²) in [6, 6.07) is 4.94. The number of sulfonamides is 1. The molecule has 1 heterocycles. The van der Waals surface area contributed by atoms with Crippen molar-refractivity contribution in [2.24, 2.45) is 0 Å². The minimum atomic E-state index is -3.60. The Balaban J connectivity index is 1.87. The quantitative estimate of drug-likeness (QED) is 0.661. The molecule has 1 saturated heterocycles. The third kappa shape index (κ3) is 6.42. The Morgan fingerprint density at radius 2 is 2.04 bits per heavy atom. The SMILES string of the molecule is Cc1ccc(N(CC(=O)NCCCN2CCOCC2)S(C)(=O)=O)cc1Cl. The van der Waals surface area contributed by atoms with E-state index in [0.717, 1.165) is 55.4 Å². The number of carbonyl (C=O) groups is 1. The van der Waals surface area contributed by atoms with E-state index in [1.165, 1.54) is 0 Å². The molecule has 146 valence electrons. The van der Waals surface area contributed by atoms with Crippen molar-refractivity contribution in [3.05, 3.63) is 28.8 Å². The lowest BCUT2D eigenvalue weighted by Crippen LogP contribution is -2.42. The van der Waals surface area contributed by atoms with Crippen LogP contribution in [0.1, 0.15) is 12.0 Å². The largest absolute Gasteiger partial charge is 0.379 e. The number of carbonyl (C=O) groups excluding carboxylic acids is 1. The first kappa shape index (κ1) is 21.0. The predicted octanol–water partition coefficient (Wildman–Crippen LogP) is 1.25. The van der Waals surface area contributed by atoms with Crippen molar-refractivity contribution in [2.75, 3.05) is 56.5 Å². The first-order valence-electron chi connectivity index (χ1n) is 8.58. The molecule has 1 amide bonds. The van der Waals surface area contributed by atoms with Gasteiger partial charge < -0.3 is 10.1 Å². The molecule has 2 rings (SSSR count). The number of ether oxygens (including phenoxy) is 1. The van der Waals surface area contributed by atoms with E-state index in [-0.39, 0.29) is 12.5 Å². The van der Waals surface area contributed by atoms with E-state index in [9.17, 15) is 13.2 Å². The number of amides is 1. The van der Waals surface area contributed by atoms with Gasteiger partial charge in [0.05, 0.1) is 25.2 Å². The summed E-state index contributed by atoms with van der Waals surface area (Å²) < 4.78 is 30.5. The van der Waals surface area contributed by atoms with Crippen LogP contribution in [0.25, 0.3) is 0 Å². The lowest BCUT2D eigenvalue weighted by atomic mass is 10.2. The van der Waals surface area contributed by atoms with Crippen molar-refractivity contribution in [1.29, 1.82) is 0 Å². The molecule has 1 aromatic rings. The lowest BCUT2D eigenvalue weighted by Gasteiger charge is -2.26. The maximum absolute atomic E-state index is 12.2. The van der Waals surface area contributed by atoms with Crippen molar-refractivity contribution < 1.29 is 17.9 Å². The standard InChI is InChI=1S/C17H26ClN3O4S/c1-14-4-5-15(12-16(14)18)21(26(2,23)24)13-17(22)19-6-3-7-20-8-10-25-11-9-20/h4-5,12H,3,6-11,13H2,1-2H3,(H,19,22). The third-order valence-electron chi connectivity index (χ3n) is 4.21. The molecule has 0 bridgehead atoms. The van der Waals surface area contributed by atoms with Gasteiger partial charge in [-0.25, -0.2) is 8.42 Å². The van der Waals surface area contributed by atoms with Crippen LogP contribution in [0.2, 0.25) is 5.02 Å². The van der Waals surface area contributed by atoms with Crippen LogP contribution in [0.4, 0.5) is 5.69 Å². The molecule has 9 heteroatoms. The molecule has 1 aliphatic heterocycles. The first-order chi connectivity index (χ1) is 12.3. The summed E-state index contributed by atoms with van der Waals surface area (Å²) in [6.45, 7) is 6.25. The normalized spacial score (nSPS) is 15.7. The smallest absolute Gasteiger partial charge is 0.240 e. The van der Waals surface area contributed by atoms with Gasteiger partial charge in [0.2, 0.25) is 15.9 Å². The van der Waals surface area contributed by atoms with Crippen LogP contribution in [-0.4, -0.2) is 71.4 Å². The lowest BCUT2D eigenvalue weighted by molar-refractivity contribution is -0.119. The van der Waals surface area contributed by atoms with Gasteiger partial charge in [0, 0.05) is 24.7 Å². The predicted molar refractivity (Wildman–Crippen MR) is 103 cm³/mol. The molecule has 0 aromatic heterocycles. The summed E-state index contributed by atoms with van der Waals surface area (Å²) in [7, 11) is -3.60. The summed E-state index contributed by atoms with van der Waals surface area (Å²) in [5, 5.41) is 3.24. The average Bonchev–Trinajstić information content (AvgIpc) is 2.59. The highest BCUT2D eigenvalue weighted by molar-refractivity contribution is 7.92. The Morgan fingerprint density at radius 3 is 2.65 bits per heavy atom. The van der Waals surface area contributed by atoms with Gasteiger partial charge in [0.1, 0.15) is 6.54 Å². The van der Waals surface area contributed by atoms with Crippen LogP contribution in [-0.2, 0) is 19.6 Å². The number of halogens is 1. The maximum atomic E-state index is 12.2. The van der Waals surface area contributed by atoms with Gasteiger partial charge in [0.25, 0.3) is 0 Å². The Labute approximate surface area is 160 Å². The number of anilines is 1. The van der Waals surface area contributed by atoms with Crippen LogP contribution < -0.4 is 9.62 Å². The molecule has 0 unspecified atom stereocenters. The first-order valence-corrected chi connectivity index (χ1v) is 10.8. The summed E-state index contributed by atoms with van der Waals surface area (Å²) in [5.41, 5.74) is 1.22. The summed E-state index contributed by atoms with van der Waals surface area (Å²) in [5.74, 6) is -0.339. The highest BCUT2D eigenvalue weighted by atomic mass is 35.5. The zero-order chi connectivity index (χ0) is 19.2. The molecular formula is C17H26ClN3O4S. The second kappa shape index (κ2) is 9.55. The van der Waals surface area contributed by atoms with Crippen molar-refractivity contribution in [2.45, 2.75) is 13.3 Å². The number of morpholine rings is 1. The van der Waals surface area contributed by atoms with Crippen molar-refractivity contribution in [3.63, 3.8) is 0 Å². The van der Waals surface area contributed by atoms with Crippen molar-refractivity contribution in [3.8, 4) is 0 Å². The molecule has 1 fully saturated rings. The van der Waals surface area contributed by atoms with E-state index < -0.39 is 10.0 Å². The highest BCUT2D eigenvalue weighted by Crippen LogP contribution is 2.24. The van der Waals surface area contributed by atoms with Gasteiger partial charge >= 0.3 is 0 Å². The second-order valence-electron chi connectivity index (χ2n) is 6.36. The summed E-state index contributed by atoms with van der Waals surface area (Å²) >= 11 is 6.09. The average molecular weight is 404 g/mol. The van der Waals surface area contributed by atoms with Crippen LogP contribution >= 0.6 is 11.6 Å². The number of nitrogens with zero attached hydrogens (tertiary/aromatic N) is 2. The van der Waals surface area contributed by atoms with Crippen LogP contribution in [0.5, 0.6) is 0 Å². The maximum Gasteiger partial charge on any atom is 0.240 e. The van der Waals surface area contributed by atoms with Gasteiger partial charge in [-0.3, -0.25) is 14.0 Å². The monoisotopic (exact) mass is 403 g/mol. The van der Waals surface area contributed by atoms with Crippen LogP contribution in [0, 0.1) is 6.92 Å². The number of hydrogen-bond acceptors (Lipinski definition) is 5. The molecule has 0 saturated carbocycles. The van der Waals surface area contributed by atoms with Gasteiger partial charge in [0.15, 0.2) is 0 Å². The molecule has 7 nitrogen and oxygen atoms in total. The number of nitrogens with one attached hydrogen (secondary N) is 1. The fourth-order valence-corrected chi connectivity index (χ4v) is 3.70. The molecule has 0 radical (unpaired) electrons. The number of aryl methyl sites for hydroxylation is 1. The molecule has 1 aromatic carbocycles. The Kier molecular flexibility index (Phi) is 7.69. The van der Waals surface area contributed by atoms with E-state index in [1.54, 1.807) is 18.2 Å². The molecule has 0 aliphatic carbocycles. The van der Waals surface area contributed by atoms with E-state index in [0.29, 0.717) is 17.3 Å². The zero-order valence-electron chi connectivity index (χ0n) is 15.2. The zero-order valence-corrected chi connectivity index (χ0v) is 16.8. The minimum absolute atomic E-state index is 0.268. The van der Waals surface area contributed by atoms with Gasteiger partial charge in [-0.05, 0) is 37.6 Å². The van der Waals surface area contributed by atoms with Crippen LogP contribution in [0.3, 0.4) is 0 Å². The van der Waals surface area contributed by atoms with E-state index in [4.69, 9.17) is 16.3 Å². The highest BCUT2D eigenvalue weighted by Gasteiger charge is 2.21. The van der Waals surface area contributed by atoms with Crippen molar-refractivity contribution in [1.82, 2.24) is 10.2 Å². The molecule has 0 spiro atoms. The van der Waals surface area contributed by atoms with E-state index in [2.05, 4.69) is 10.2 Å². The Bertz CT molecular complexity index is 721. The van der Waals surface area contributed by atoms with E-state index >= 15 is 0 Å². The Morgan fingerprint density at radius 1 is 1.35 bits per heavy atom. The number of rotatable bonds is 8. The van der Waals surface area contributed by atoms with Crippen LogP contribution in [0.15, 0.2) is 18.2 Å². The summed E-state index contributed by atoms with van der Waals surface area (Å²) in [6.07, 6.45) is 1.88. The Hall–Kier alpha value is -1.35. The fraction of sp³-hybridized carbons (Fsp3) is 0.588. The molecule has 0 atom stereocenters. The van der Waals surface area contributed by atoms with E-state index in [1.807, 2.05) is 6.92 Å². The topological polar surface area (TPSA) is 79.0 Å². The number of hydrogen-bond donors (Lipinski definition) is 1. The second-order valence-corrected chi connectivity index (χ2v) is 8.67. The fourth-order valence-electron chi connectivity index (χ4n) is 2.68. The molecule has 1 N–H and O–H groups in total. The summed E-state index contributed by atoms with van der Waals surface area (Å²) in [4.78, 5) is 14.5. The minimum Gasteiger partial charge on any atom is -0.379 e. The van der Waals surface area contributed by atoms with Gasteiger partial charge in [-0.15, -0.1) is 0 Å². The third-order valence-corrected chi connectivity index (χ3v) is 5.76. The number of benzene rings is 1. The molecule has 1 aliphatic rings. The molecule has 26 heavy (non-hydrogen) atoms. The van der Waals surface area contributed by atoms with Gasteiger partial charge in [-0.2, -0.15) is 0 Å². The van der Waals surface area contributed by atoms with Crippen molar-refractivity contribution >= 4 is 33.2 Å². The molecular weight excluding hydrogens is 378 g/mol. The van der Waals surface area contributed by atoms with Gasteiger partial charge in [-0.1, -0.05) is 17.7 Å².